The molecule has 0 unspecified atom stereocenters. The lowest BCUT2D eigenvalue weighted by molar-refractivity contribution is -0.152. The highest BCUT2D eigenvalue weighted by Crippen LogP contribution is 2.35. The van der Waals surface area contributed by atoms with Gasteiger partial charge in [-0.05, 0) is 18.3 Å². The Morgan fingerprint density at radius 3 is 2.84 bits per heavy atom. The van der Waals surface area contributed by atoms with Crippen molar-refractivity contribution in [2.75, 3.05) is 19.7 Å². The van der Waals surface area contributed by atoms with Crippen molar-refractivity contribution in [1.29, 1.82) is 5.26 Å². The van der Waals surface area contributed by atoms with Gasteiger partial charge in [-0.15, -0.1) is 0 Å². The Hall–Kier alpha value is -2.10. The Morgan fingerprint density at radius 1 is 1.36 bits per heavy atom. The molecule has 0 aromatic rings. The van der Waals surface area contributed by atoms with Crippen molar-refractivity contribution in [3.05, 3.63) is 0 Å². The van der Waals surface area contributed by atoms with E-state index in [9.17, 15) is 14.4 Å². The van der Waals surface area contributed by atoms with E-state index in [1.54, 1.807) is 0 Å². The molecule has 1 heterocycles. The van der Waals surface area contributed by atoms with Crippen molar-refractivity contribution in [2.24, 2.45) is 17.8 Å². The number of nitrogens with zero attached hydrogens (tertiary/aromatic N) is 2. The molecule has 0 radical (unpaired) electrons. The fraction of sp³-hybridized carbons (Fsp3) is 0.778. The summed E-state index contributed by atoms with van der Waals surface area (Å²) in [5, 5.41) is 10.9. The molecule has 138 valence electrons. The van der Waals surface area contributed by atoms with Gasteiger partial charge in [0.05, 0.1) is 18.4 Å². The second-order valence-corrected chi connectivity index (χ2v) is 7.15. The SMILES string of the molecule is C[C@@H]1[C@@H](C)CCC[C@@H]1N1C[C@H](C(=O)OCC(=O)NCCC#N)CC1=O. The lowest BCUT2D eigenvalue weighted by atomic mass is 9.77. The van der Waals surface area contributed by atoms with Crippen molar-refractivity contribution >= 4 is 17.8 Å². The van der Waals surface area contributed by atoms with Crippen LogP contribution in [-0.4, -0.2) is 48.4 Å². The van der Waals surface area contributed by atoms with Gasteiger partial charge in [0.25, 0.3) is 5.91 Å². The summed E-state index contributed by atoms with van der Waals surface area (Å²) in [7, 11) is 0. The van der Waals surface area contributed by atoms with Crippen molar-refractivity contribution in [2.45, 2.75) is 52.0 Å². The maximum absolute atomic E-state index is 12.4. The van der Waals surface area contributed by atoms with Gasteiger partial charge in [0.2, 0.25) is 5.91 Å². The molecule has 0 bridgehead atoms. The third-order valence-electron chi connectivity index (χ3n) is 5.46. The monoisotopic (exact) mass is 349 g/mol. The van der Waals surface area contributed by atoms with Gasteiger partial charge >= 0.3 is 5.97 Å². The van der Waals surface area contributed by atoms with Crippen LogP contribution >= 0.6 is 0 Å². The highest BCUT2D eigenvalue weighted by molar-refractivity contribution is 5.88. The Labute approximate surface area is 148 Å². The summed E-state index contributed by atoms with van der Waals surface area (Å²) in [6.45, 7) is 4.65. The topological polar surface area (TPSA) is 99.5 Å². The molecule has 1 saturated heterocycles. The first-order chi connectivity index (χ1) is 11.9. The average molecular weight is 349 g/mol. The molecule has 25 heavy (non-hydrogen) atoms. The number of carbonyl (C=O) groups is 3. The van der Waals surface area contributed by atoms with E-state index >= 15 is 0 Å². The summed E-state index contributed by atoms with van der Waals surface area (Å²) < 4.78 is 5.04. The van der Waals surface area contributed by atoms with E-state index in [0.29, 0.717) is 18.4 Å². The van der Waals surface area contributed by atoms with Crippen LogP contribution in [0.3, 0.4) is 0 Å². The minimum Gasteiger partial charge on any atom is -0.455 e. The van der Waals surface area contributed by atoms with E-state index in [0.717, 1.165) is 12.8 Å². The number of nitrogens with one attached hydrogen (secondary N) is 1. The summed E-state index contributed by atoms with van der Waals surface area (Å²) in [4.78, 5) is 37.9. The Kier molecular flexibility index (Phi) is 6.80. The van der Waals surface area contributed by atoms with E-state index in [1.807, 2.05) is 11.0 Å². The lowest BCUT2D eigenvalue weighted by Crippen LogP contribution is -2.45. The zero-order valence-corrected chi connectivity index (χ0v) is 15.0. The average Bonchev–Trinajstić information content (AvgIpc) is 2.97. The smallest absolute Gasteiger partial charge is 0.311 e. The largest absolute Gasteiger partial charge is 0.455 e. The molecule has 2 amide bonds. The number of amides is 2. The number of likely N-dealkylation sites (tertiary alicyclic amines) is 1. The Bertz CT molecular complexity index is 557. The predicted octanol–water partition coefficient (Wildman–Crippen LogP) is 1.23. The van der Waals surface area contributed by atoms with Crippen molar-refractivity contribution in [3.8, 4) is 6.07 Å². The first-order valence-electron chi connectivity index (χ1n) is 9.03. The van der Waals surface area contributed by atoms with E-state index < -0.39 is 17.8 Å². The van der Waals surface area contributed by atoms with Crippen LogP contribution < -0.4 is 5.32 Å². The summed E-state index contributed by atoms with van der Waals surface area (Å²) >= 11 is 0. The number of hydrogen-bond donors (Lipinski definition) is 1. The van der Waals surface area contributed by atoms with Crippen LogP contribution in [0.1, 0.15) is 46.0 Å². The summed E-state index contributed by atoms with van der Waals surface area (Å²) in [5.74, 6) is -0.412. The minimum absolute atomic E-state index is 0.00590. The molecule has 7 nitrogen and oxygen atoms in total. The van der Waals surface area contributed by atoms with Gasteiger partial charge in [0, 0.05) is 25.6 Å². The Morgan fingerprint density at radius 2 is 2.12 bits per heavy atom. The number of nitriles is 1. The fourth-order valence-electron chi connectivity index (χ4n) is 3.77. The molecule has 2 fully saturated rings. The van der Waals surface area contributed by atoms with E-state index in [4.69, 9.17) is 10.00 Å². The molecule has 1 N–H and O–H groups in total. The first-order valence-corrected chi connectivity index (χ1v) is 9.03. The Balaban J connectivity index is 1.82. The van der Waals surface area contributed by atoms with Crippen LogP contribution in [0.5, 0.6) is 0 Å². The van der Waals surface area contributed by atoms with Crippen molar-refractivity contribution in [1.82, 2.24) is 10.2 Å². The molecule has 0 aromatic heterocycles. The molecule has 0 aromatic carbocycles. The van der Waals surface area contributed by atoms with Gasteiger partial charge in [-0.1, -0.05) is 26.7 Å². The molecule has 1 aliphatic carbocycles. The van der Waals surface area contributed by atoms with E-state index in [1.165, 1.54) is 6.42 Å². The molecule has 1 saturated carbocycles. The van der Waals surface area contributed by atoms with Crippen molar-refractivity contribution in [3.63, 3.8) is 0 Å². The number of rotatable bonds is 6. The maximum Gasteiger partial charge on any atom is 0.311 e. The van der Waals surface area contributed by atoms with Crippen LogP contribution in [0, 0.1) is 29.1 Å². The zero-order chi connectivity index (χ0) is 18.4. The number of esters is 1. The van der Waals surface area contributed by atoms with Crippen LogP contribution in [0.4, 0.5) is 0 Å². The van der Waals surface area contributed by atoms with Gasteiger partial charge in [0.15, 0.2) is 6.61 Å². The lowest BCUT2D eigenvalue weighted by Gasteiger charge is -2.39. The van der Waals surface area contributed by atoms with Gasteiger partial charge in [-0.3, -0.25) is 14.4 Å². The zero-order valence-electron chi connectivity index (χ0n) is 15.0. The molecule has 1 aliphatic heterocycles. The van der Waals surface area contributed by atoms with Gasteiger partial charge < -0.3 is 15.0 Å². The fourth-order valence-corrected chi connectivity index (χ4v) is 3.77. The standard InChI is InChI=1S/C18H27N3O4/c1-12-5-3-6-15(13(12)2)21-10-14(9-17(21)23)18(24)25-11-16(22)20-8-4-7-19/h12-15H,3-6,8-11H2,1-2H3,(H,20,22)/t12-,13+,14+,15-/m0/s1. The molecule has 2 aliphatic rings. The second-order valence-electron chi connectivity index (χ2n) is 7.15. The molecule has 0 spiro atoms. The van der Waals surface area contributed by atoms with Gasteiger partial charge in [-0.2, -0.15) is 5.26 Å². The third kappa shape index (κ3) is 4.94. The maximum atomic E-state index is 12.4. The summed E-state index contributed by atoms with van der Waals surface area (Å²) in [6.07, 6.45) is 3.65. The van der Waals surface area contributed by atoms with E-state index in [-0.39, 0.29) is 37.9 Å². The highest BCUT2D eigenvalue weighted by atomic mass is 16.5. The molecular weight excluding hydrogens is 322 g/mol. The number of carbonyl (C=O) groups excluding carboxylic acids is 3. The second kappa shape index (κ2) is 8.84. The molecule has 4 atom stereocenters. The summed E-state index contributed by atoms with van der Waals surface area (Å²) in [6, 6.07) is 2.11. The van der Waals surface area contributed by atoms with Crippen LogP contribution in [0.25, 0.3) is 0 Å². The number of hydrogen-bond acceptors (Lipinski definition) is 5. The van der Waals surface area contributed by atoms with Gasteiger partial charge in [0.1, 0.15) is 0 Å². The molecular formula is C18H27N3O4. The van der Waals surface area contributed by atoms with Crippen LogP contribution in [0.2, 0.25) is 0 Å². The normalized spacial score (nSPS) is 29.2. The highest BCUT2D eigenvalue weighted by Gasteiger charge is 2.42. The van der Waals surface area contributed by atoms with Crippen LogP contribution in [0.15, 0.2) is 0 Å². The quantitative estimate of drug-likeness (QED) is 0.574. The summed E-state index contributed by atoms with van der Waals surface area (Å²) in [5.41, 5.74) is 0. The van der Waals surface area contributed by atoms with Crippen LogP contribution in [-0.2, 0) is 19.1 Å². The van der Waals surface area contributed by atoms with Gasteiger partial charge in [-0.25, -0.2) is 0 Å². The van der Waals surface area contributed by atoms with E-state index in [2.05, 4.69) is 19.2 Å². The molecule has 7 heteroatoms. The third-order valence-corrected chi connectivity index (χ3v) is 5.46. The predicted molar refractivity (Wildman–Crippen MR) is 90.0 cm³/mol. The number of ether oxygens (including phenoxy) is 1. The minimum atomic E-state index is -0.497. The van der Waals surface area contributed by atoms with Crippen molar-refractivity contribution < 1.29 is 19.1 Å². The first kappa shape index (κ1) is 19.2. The molecule has 2 rings (SSSR count).